The Morgan fingerprint density at radius 1 is 0.625 bits per heavy atom. The van der Waals surface area contributed by atoms with Gasteiger partial charge < -0.3 is 75.2 Å². The quantitative estimate of drug-likeness (QED) is 0.121. The van der Waals surface area contributed by atoms with E-state index in [1.165, 1.54) is 6.92 Å². The largest absolute Gasteiger partial charge is 0.394 e. The number of aliphatic hydroxyl groups is 8. The predicted molar refractivity (Wildman–Crippen MR) is 128 cm³/mol. The van der Waals surface area contributed by atoms with Crippen molar-refractivity contribution >= 4 is 11.8 Å². The van der Waals surface area contributed by atoms with E-state index < -0.39 is 123 Å². The van der Waals surface area contributed by atoms with Crippen LogP contribution in [0.4, 0.5) is 0 Å². The van der Waals surface area contributed by atoms with Crippen LogP contribution in [0.1, 0.15) is 20.8 Å². The summed E-state index contributed by atoms with van der Waals surface area (Å²) in [6.45, 7) is 1.84. The third kappa shape index (κ3) is 7.06. The molecule has 17 heteroatoms. The molecule has 0 spiro atoms. The molecule has 3 rings (SSSR count). The molecule has 0 aliphatic carbocycles. The summed E-state index contributed by atoms with van der Waals surface area (Å²) < 4.78 is 28.4. The first-order valence-corrected chi connectivity index (χ1v) is 12.9. The van der Waals surface area contributed by atoms with E-state index in [0.29, 0.717) is 0 Å². The van der Waals surface area contributed by atoms with Crippen molar-refractivity contribution in [2.75, 3.05) is 19.8 Å². The fourth-order valence-corrected chi connectivity index (χ4v) is 5.11. The Morgan fingerprint density at radius 3 is 1.68 bits per heavy atom. The highest BCUT2D eigenvalue weighted by atomic mass is 16.7. The second-order valence-corrected chi connectivity index (χ2v) is 10.1. The standard InChI is InChI=1S/C23H40N2O15/c1-7-13(24-8(2)29)21(16(32)11(5-27)36-7)40-22-14(25-9(3)30)17(33)20(12(6-28)38-22)39-23-19(35)18(34)15(31)10(4-26)37-23/h7,10-23,26-28,31-35H,4-6H2,1-3H3,(H,24,29)(H,25,30)/t7-,10?,11?,12?,13?,14?,15+,16+,17-,18+,19?,20-,21-,22+,23+/m1/s1. The van der Waals surface area contributed by atoms with Gasteiger partial charge in [-0.05, 0) is 6.92 Å². The van der Waals surface area contributed by atoms with E-state index in [2.05, 4.69) is 10.6 Å². The molecule has 0 radical (unpaired) electrons. The minimum Gasteiger partial charge on any atom is -0.394 e. The maximum absolute atomic E-state index is 12.0. The van der Waals surface area contributed by atoms with Gasteiger partial charge in [0, 0.05) is 13.8 Å². The molecule has 3 fully saturated rings. The predicted octanol–water partition coefficient (Wildman–Crippen LogP) is -6.22. The van der Waals surface area contributed by atoms with Crippen molar-refractivity contribution in [3.63, 3.8) is 0 Å². The van der Waals surface area contributed by atoms with Crippen LogP contribution in [0.2, 0.25) is 0 Å². The van der Waals surface area contributed by atoms with Crippen molar-refractivity contribution in [1.82, 2.24) is 10.6 Å². The Morgan fingerprint density at radius 2 is 1.12 bits per heavy atom. The summed E-state index contributed by atoms with van der Waals surface area (Å²) in [5.41, 5.74) is 0. The number of hydrogen-bond donors (Lipinski definition) is 10. The zero-order chi connectivity index (χ0) is 29.9. The van der Waals surface area contributed by atoms with E-state index in [1.54, 1.807) is 6.92 Å². The highest BCUT2D eigenvalue weighted by molar-refractivity contribution is 5.73. The molecule has 3 aliphatic heterocycles. The minimum absolute atomic E-state index is 0.479. The Bertz CT molecular complexity index is 851. The lowest BCUT2D eigenvalue weighted by Crippen LogP contribution is -2.70. The van der Waals surface area contributed by atoms with Crippen molar-refractivity contribution in [2.24, 2.45) is 0 Å². The van der Waals surface area contributed by atoms with Gasteiger partial charge in [-0.25, -0.2) is 0 Å². The molecule has 0 bridgehead atoms. The molecule has 0 aromatic rings. The first-order valence-electron chi connectivity index (χ1n) is 12.9. The molecule has 3 saturated heterocycles. The normalized spacial score (nSPS) is 46.0. The highest BCUT2D eigenvalue weighted by Gasteiger charge is 2.53. The fraction of sp³-hybridized carbons (Fsp3) is 0.913. The number of carbonyl (C=O) groups is 2. The summed E-state index contributed by atoms with van der Waals surface area (Å²) in [6.07, 6.45) is -19.1. The molecule has 40 heavy (non-hydrogen) atoms. The Hall–Kier alpha value is -1.58. The van der Waals surface area contributed by atoms with Crippen LogP contribution in [0.15, 0.2) is 0 Å². The van der Waals surface area contributed by atoms with Crippen molar-refractivity contribution in [1.29, 1.82) is 0 Å². The Kier molecular flexibility index (Phi) is 11.6. The lowest BCUT2D eigenvalue weighted by molar-refractivity contribution is -0.356. The molecular weight excluding hydrogens is 544 g/mol. The summed E-state index contributed by atoms with van der Waals surface area (Å²) in [5.74, 6) is -1.12. The van der Waals surface area contributed by atoms with Crippen molar-refractivity contribution in [3.8, 4) is 0 Å². The molecule has 232 valence electrons. The SMILES string of the molecule is CC(=O)NC1[C@H](O[C@@H]2C(NC(C)=O)[C@@H](C)OC(CO)[C@@H]2O)OC(CO)[C@@H](O[C@@H]2OC(CO)[C@H](O)[C@H](O)C2O)[C@@H]1O. The smallest absolute Gasteiger partial charge is 0.217 e. The average molecular weight is 585 g/mol. The Labute approximate surface area is 229 Å². The zero-order valence-electron chi connectivity index (χ0n) is 22.2. The zero-order valence-corrected chi connectivity index (χ0v) is 22.2. The fourth-order valence-electron chi connectivity index (χ4n) is 5.11. The number of rotatable bonds is 9. The molecule has 0 aromatic heterocycles. The third-order valence-corrected chi connectivity index (χ3v) is 7.17. The van der Waals surface area contributed by atoms with Gasteiger partial charge in [-0.15, -0.1) is 0 Å². The van der Waals surface area contributed by atoms with Crippen molar-refractivity contribution < 1.29 is 74.1 Å². The maximum atomic E-state index is 12.0. The van der Waals surface area contributed by atoms with Gasteiger partial charge in [-0.1, -0.05) is 0 Å². The lowest BCUT2D eigenvalue weighted by Gasteiger charge is -2.49. The highest BCUT2D eigenvalue weighted by Crippen LogP contribution is 2.32. The molecule has 17 nitrogen and oxygen atoms in total. The van der Waals surface area contributed by atoms with Gasteiger partial charge in [0.15, 0.2) is 12.6 Å². The molecule has 6 unspecified atom stereocenters. The van der Waals surface area contributed by atoms with Crippen LogP contribution in [0.25, 0.3) is 0 Å². The second-order valence-electron chi connectivity index (χ2n) is 10.1. The molecule has 0 aromatic carbocycles. The summed E-state index contributed by atoms with van der Waals surface area (Å²) in [4.78, 5) is 23.9. The summed E-state index contributed by atoms with van der Waals surface area (Å²) in [5, 5.41) is 86.8. The monoisotopic (exact) mass is 584 g/mol. The molecule has 10 N–H and O–H groups in total. The summed E-state index contributed by atoms with van der Waals surface area (Å²) >= 11 is 0. The van der Waals surface area contributed by atoms with Crippen molar-refractivity contribution in [3.05, 3.63) is 0 Å². The van der Waals surface area contributed by atoms with E-state index >= 15 is 0 Å². The van der Waals surface area contributed by atoms with Crippen LogP contribution >= 0.6 is 0 Å². The van der Waals surface area contributed by atoms with Gasteiger partial charge in [0.2, 0.25) is 11.8 Å². The second kappa shape index (κ2) is 14.1. The summed E-state index contributed by atoms with van der Waals surface area (Å²) in [6, 6.07) is -2.37. The van der Waals surface area contributed by atoms with Gasteiger partial charge in [0.05, 0.1) is 32.0 Å². The van der Waals surface area contributed by atoms with Crippen LogP contribution in [-0.4, -0.2) is 164 Å². The molecule has 2 amide bonds. The number of nitrogens with one attached hydrogen (secondary N) is 2. The van der Waals surface area contributed by atoms with Gasteiger partial charge in [-0.2, -0.15) is 0 Å². The number of aliphatic hydroxyl groups excluding tert-OH is 8. The average Bonchev–Trinajstić information content (AvgIpc) is 2.90. The topological polar surface area (TPSA) is 266 Å². The molecule has 3 aliphatic rings. The molecule has 3 heterocycles. The van der Waals surface area contributed by atoms with E-state index in [-0.39, 0.29) is 0 Å². The van der Waals surface area contributed by atoms with E-state index in [4.69, 9.17) is 23.7 Å². The number of ether oxygens (including phenoxy) is 5. The number of hydrogen-bond acceptors (Lipinski definition) is 15. The first-order chi connectivity index (χ1) is 18.8. The van der Waals surface area contributed by atoms with Crippen molar-refractivity contribution in [2.45, 2.75) is 113 Å². The van der Waals surface area contributed by atoms with Crippen LogP contribution in [-0.2, 0) is 33.3 Å². The summed E-state index contributed by atoms with van der Waals surface area (Å²) in [7, 11) is 0. The molecule has 0 saturated carbocycles. The van der Waals surface area contributed by atoms with Gasteiger partial charge in [0.1, 0.15) is 67.1 Å². The minimum atomic E-state index is -1.83. The van der Waals surface area contributed by atoms with Gasteiger partial charge in [0.25, 0.3) is 0 Å². The van der Waals surface area contributed by atoms with Crippen LogP contribution in [0.3, 0.4) is 0 Å². The van der Waals surface area contributed by atoms with E-state index in [1.807, 2.05) is 0 Å². The first kappa shape index (κ1) is 32.9. The van der Waals surface area contributed by atoms with Crippen LogP contribution in [0, 0.1) is 0 Å². The lowest BCUT2D eigenvalue weighted by atomic mass is 9.92. The molecule has 15 atom stereocenters. The maximum Gasteiger partial charge on any atom is 0.217 e. The third-order valence-electron chi connectivity index (χ3n) is 7.17. The van der Waals surface area contributed by atoms with Gasteiger partial charge in [-0.3, -0.25) is 9.59 Å². The van der Waals surface area contributed by atoms with Gasteiger partial charge >= 0.3 is 0 Å². The Balaban J connectivity index is 1.87. The van der Waals surface area contributed by atoms with Crippen LogP contribution < -0.4 is 10.6 Å². The van der Waals surface area contributed by atoms with E-state index in [0.717, 1.165) is 6.92 Å². The number of carbonyl (C=O) groups excluding carboxylic acids is 2. The van der Waals surface area contributed by atoms with E-state index in [9.17, 15) is 50.4 Å². The molecular formula is C23H40N2O15. The number of amides is 2. The van der Waals surface area contributed by atoms with Crippen LogP contribution in [0.5, 0.6) is 0 Å².